The van der Waals surface area contributed by atoms with Gasteiger partial charge < -0.3 is 0 Å². The molecule has 118 valence electrons. The zero-order valence-electron chi connectivity index (χ0n) is 11.7. The van der Waals surface area contributed by atoms with Gasteiger partial charge in [-0.2, -0.15) is 0 Å². The molecule has 9 heteroatoms. The standard InChI is InChI=1S/C13H13BrN2O4S2/c1-9-5-6-15-8-12(9)16-22(19,20)13-4-3-10(7-11(13)14)21(2,17)18/h3-8,16H,1-2H3. The summed E-state index contributed by atoms with van der Waals surface area (Å²) in [5.41, 5.74) is 1.09. The Labute approximate surface area is 137 Å². The Kier molecular flexibility index (Phi) is 4.59. The fourth-order valence-corrected chi connectivity index (χ4v) is 4.69. The second-order valence-corrected chi connectivity index (χ2v) is 9.18. The van der Waals surface area contributed by atoms with Crippen LogP contribution in [0.4, 0.5) is 5.69 Å². The van der Waals surface area contributed by atoms with Gasteiger partial charge in [0.05, 0.1) is 16.8 Å². The van der Waals surface area contributed by atoms with Crippen molar-refractivity contribution >= 4 is 41.5 Å². The minimum absolute atomic E-state index is 0.0379. The molecule has 0 saturated carbocycles. The van der Waals surface area contributed by atoms with Crippen LogP contribution >= 0.6 is 15.9 Å². The van der Waals surface area contributed by atoms with E-state index in [-0.39, 0.29) is 14.3 Å². The molecular formula is C13H13BrN2O4S2. The highest BCUT2D eigenvalue weighted by atomic mass is 79.9. The number of anilines is 1. The Hall–Kier alpha value is -1.45. The highest BCUT2D eigenvalue weighted by Gasteiger charge is 2.20. The number of aromatic nitrogens is 1. The number of hydrogen-bond donors (Lipinski definition) is 1. The molecule has 0 spiro atoms. The Morgan fingerprint density at radius 3 is 2.36 bits per heavy atom. The fourth-order valence-electron chi connectivity index (χ4n) is 1.70. The summed E-state index contributed by atoms with van der Waals surface area (Å²) in [4.78, 5) is 3.86. The van der Waals surface area contributed by atoms with E-state index < -0.39 is 19.9 Å². The first-order valence-corrected chi connectivity index (χ1v) is 10.2. The number of benzene rings is 1. The maximum Gasteiger partial charge on any atom is 0.263 e. The highest BCUT2D eigenvalue weighted by molar-refractivity contribution is 9.10. The molecule has 2 rings (SSSR count). The minimum Gasteiger partial charge on any atom is -0.278 e. The molecule has 0 aliphatic carbocycles. The number of halogens is 1. The third-order valence-electron chi connectivity index (χ3n) is 2.90. The van der Waals surface area contributed by atoms with Gasteiger partial charge in [-0.1, -0.05) is 0 Å². The van der Waals surface area contributed by atoms with Gasteiger partial charge >= 0.3 is 0 Å². The molecular weight excluding hydrogens is 392 g/mol. The van der Waals surface area contributed by atoms with Gasteiger partial charge in [0.25, 0.3) is 10.0 Å². The van der Waals surface area contributed by atoms with Crippen molar-refractivity contribution in [3.8, 4) is 0 Å². The molecule has 1 heterocycles. The predicted octanol–water partition coefficient (Wildman–Crippen LogP) is 2.36. The topological polar surface area (TPSA) is 93.2 Å². The van der Waals surface area contributed by atoms with Gasteiger partial charge in [0.2, 0.25) is 0 Å². The van der Waals surface area contributed by atoms with Crippen molar-refractivity contribution in [2.45, 2.75) is 16.7 Å². The minimum atomic E-state index is -3.86. The van der Waals surface area contributed by atoms with E-state index in [0.29, 0.717) is 5.69 Å². The Morgan fingerprint density at radius 1 is 1.14 bits per heavy atom. The first-order chi connectivity index (χ1) is 10.1. The van der Waals surface area contributed by atoms with Crippen LogP contribution < -0.4 is 4.72 Å². The zero-order chi connectivity index (χ0) is 16.5. The maximum absolute atomic E-state index is 12.4. The number of hydrogen-bond acceptors (Lipinski definition) is 5. The van der Waals surface area contributed by atoms with Crippen molar-refractivity contribution in [1.82, 2.24) is 4.98 Å². The van der Waals surface area contributed by atoms with Crippen LogP contribution in [0.5, 0.6) is 0 Å². The Bertz CT molecular complexity index is 925. The summed E-state index contributed by atoms with van der Waals surface area (Å²) in [5, 5.41) is 0. The molecule has 2 aromatic rings. The molecule has 1 aromatic carbocycles. The van der Waals surface area contributed by atoms with Crippen molar-refractivity contribution in [3.05, 3.63) is 46.7 Å². The first-order valence-electron chi connectivity index (χ1n) is 6.04. The van der Waals surface area contributed by atoms with Gasteiger partial charge in [0.15, 0.2) is 9.84 Å². The predicted molar refractivity (Wildman–Crippen MR) is 87.0 cm³/mol. The number of pyridine rings is 1. The molecule has 0 radical (unpaired) electrons. The summed E-state index contributed by atoms with van der Waals surface area (Å²) in [7, 11) is -7.27. The van der Waals surface area contributed by atoms with E-state index in [1.807, 2.05) is 0 Å². The van der Waals surface area contributed by atoms with Crippen LogP contribution in [0.1, 0.15) is 5.56 Å². The van der Waals surface area contributed by atoms with Crippen LogP contribution in [-0.2, 0) is 19.9 Å². The second kappa shape index (κ2) is 5.98. The smallest absolute Gasteiger partial charge is 0.263 e. The summed E-state index contributed by atoms with van der Waals surface area (Å²) in [6.07, 6.45) is 4.02. The van der Waals surface area contributed by atoms with Crippen LogP contribution in [-0.4, -0.2) is 28.1 Å². The van der Waals surface area contributed by atoms with Crippen molar-refractivity contribution < 1.29 is 16.8 Å². The molecule has 0 aliphatic rings. The SMILES string of the molecule is Cc1ccncc1NS(=O)(=O)c1ccc(S(C)(=O)=O)cc1Br. The van der Waals surface area contributed by atoms with E-state index >= 15 is 0 Å². The van der Waals surface area contributed by atoms with Crippen molar-refractivity contribution in [1.29, 1.82) is 0 Å². The Balaban J connectivity index is 2.45. The lowest BCUT2D eigenvalue weighted by atomic mass is 10.3. The normalized spacial score (nSPS) is 12.1. The quantitative estimate of drug-likeness (QED) is 0.843. The number of rotatable bonds is 4. The first kappa shape index (κ1) is 16.9. The number of aryl methyl sites for hydroxylation is 1. The lowest BCUT2D eigenvalue weighted by Crippen LogP contribution is -2.15. The molecule has 22 heavy (non-hydrogen) atoms. The highest BCUT2D eigenvalue weighted by Crippen LogP contribution is 2.27. The van der Waals surface area contributed by atoms with Crippen LogP contribution in [0.3, 0.4) is 0 Å². The number of sulfone groups is 1. The molecule has 0 atom stereocenters. The molecule has 1 aromatic heterocycles. The van der Waals surface area contributed by atoms with E-state index in [0.717, 1.165) is 11.8 Å². The number of nitrogens with one attached hydrogen (secondary N) is 1. The third kappa shape index (κ3) is 3.65. The lowest BCUT2D eigenvalue weighted by Gasteiger charge is -2.11. The van der Waals surface area contributed by atoms with Gasteiger partial charge in [-0.3, -0.25) is 9.71 Å². The van der Waals surface area contributed by atoms with Gasteiger partial charge in [0, 0.05) is 16.9 Å². The Morgan fingerprint density at radius 2 is 1.82 bits per heavy atom. The van der Waals surface area contributed by atoms with Crippen molar-refractivity contribution in [2.75, 3.05) is 11.0 Å². The fraction of sp³-hybridized carbons (Fsp3) is 0.154. The van der Waals surface area contributed by atoms with Crippen LogP contribution in [0.2, 0.25) is 0 Å². The van der Waals surface area contributed by atoms with E-state index in [1.54, 1.807) is 19.2 Å². The number of nitrogens with zero attached hydrogens (tertiary/aromatic N) is 1. The summed E-state index contributed by atoms with van der Waals surface area (Å²) < 4.78 is 50.4. The molecule has 6 nitrogen and oxygen atoms in total. The van der Waals surface area contributed by atoms with Gasteiger partial charge in [-0.15, -0.1) is 0 Å². The third-order valence-corrected chi connectivity index (χ3v) is 6.36. The largest absolute Gasteiger partial charge is 0.278 e. The van der Waals surface area contributed by atoms with Crippen LogP contribution in [0, 0.1) is 6.92 Å². The van der Waals surface area contributed by atoms with E-state index in [4.69, 9.17) is 0 Å². The summed E-state index contributed by atoms with van der Waals surface area (Å²) >= 11 is 3.11. The van der Waals surface area contributed by atoms with Crippen molar-refractivity contribution in [3.63, 3.8) is 0 Å². The van der Waals surface area contributed by atoms with Crippen LogP contribution in [0.15, 0.2) is 50.9 Å². The molecule has 0 unspecified atom stereocenters. The number of sulfonamides is 1. The van der Waals surface area contributed by atoms with Gasteiger partial charge in [-0.05, 0) is 52.7 Å². The molecule has 0 fully saturated rings. The van der Waals surface area contributed by atoms with Crippen molar-refractivity contribution in [2.24, 2.45) is 0 Å². The lowest BCUT2D eigenvalue weighted by molar-refractivity contribution is 0.597. The van der Waals surface area contributed by atoms with E-state index in [2.05, 4.69) is 25.6 Å². The molecule has 1 N–H and O–H groups in total. The summed E-state index contributed by atoms with van der Waals surface area (Å²) in [6, 6.07) is 5.44. The monoisotopic (exact) mass is 404 g/mol. The maximum atomic E-state index is 12.4. The average molecular weight is 405 g/mol. The zero-order valence-corrected chi connectivity index (χ0v) is 15.0. The summed E-state index contributed by atoms with van der Waals surface area (Å²) in [6.45, 7) is 1.75. The average Bonchev–Trinajstić information content (AvgIpc) is 2.40. The van der Waals surface area contributed by atoms with E-state index in [1.165, 1.54) is 24.4 Å². The molecule has 0 aliphatic heterocycles. The summed E-state index contributed by atoms with van der Waals surface area (Å²) in [5.74, 6) is 0. The van der Waals surface area contributed by atoms with E-state index in [9.17, 15) is 16.8 Å². The van der Waals surface area contributed by atoms with Gasteiger partial charge in [-0.25, -0.2) is 16.8 Å². The molecule has 0 amide bonds. The molecule has 0 saturated heterocycles. The molecule has 0 bridgehead atoms. The second-order valence-electron chi connectivity index (χ2n) is 4.66. The van der Waals surface area contributed by atoms with Gasteiger partial charge in [0.1, 0.15) is 4.90 Å². The van der Waals surface area contributed by atoms with Crippen LogP contribution in [0.25, 0.3) is 0 Å².